The van der Waals surface area contributed by atoms with Crippen LogP contribution < -0.4 is 4.74 Å². The van der Waals surface area contributed by atoms with E-state index in [0.29, 0.717) is 15.0 Å². The molecular formula is C16H15N3O2S2. The van der Waals surface area contributed by atoms with Crippen LogP contribution in [0.3, 0.4) is 0 Å². The van der Waals surface area contributed by atoms with Gasteiger partial charge in [-0.3, -0.25) is 10.2 Å². The highest BCUT2D eigenvalue weighted by Crippen LogP contribution is 2.41. The fourth-order valence-corrected chi connectivity index (χ4v) is 4.14. The minimum absolute atomic E-state index is 0.0744. The highest BCUT2D eigenvalue weighted by molar-refractivity contribution is 8.19. The second-order valence-electron chi connectivity index (χ2n) is 4.93. The number of nitrogens with zero attached hydrogens (tertiary/aromatic N) is 2. The number of ketones is 1. The van der Waals surface area contributed by atoms with Gasteiger partial charge in [0.05, 0.1) is 17.1 Å². The molecule has 0 spiro atoms. The smallest absolute Gasteiger partial charge is 0.186 e. The molecule has 1 N–H and O–H groups in total. The van der Waals surface area contributed by atoms with Crippen molar-refractivity contribution in [1.82, 2.24) is 10.2 Å². The highest BCUT2D eigenvalue weighted by Gasteiger charge is 2.39. The number of thioether (sulfide) groups is 1. The molecule has 0 saturated carbocycles. The van der Waals surface area contributed by atoms with Gasteiger partial charge in [-0.2, -0.15) is 0 Å². The molecule has 0 bridgehead atoms. The maximum atomic E-state index is 12.6. The summed E-state index contributed by atoms with van der Waals surface area (Å²) in [5.74, 6) is 0.0982. The molecule has 1 aliphatic rings. The lowest BCUT2D eigenvalue weighted by molar-refractivity contribution is -0.114. The molecule has 7 heteroatoms. The van der Waals surface area contributed by atoms with Crippen LogP contribution in [0.15, 0.2) is 29.2 Å². The van der Waals surface area contributed by atoms with E-state index in [9.17, 15) is 4.79 Å². The van der Waals surface area contributed by atoms with Crippen LogP contribution in [0.5, 0.6) is 5.75 Å². The molecule has 118 valence electrons. The van der Waals surface area contributed by atoms with Crippen molar-refractivity contribution in [3.8, 4) is 5.75 Å². The first-order chi connectivity index (χ1) is 11.1. The summed E-state index contributed by atoms with van der Waals surface area (Å²) in [4.78, 5) is 13.2. The number of hydrogen-bond acceptors (Lipinski definition) is 7. The van der Waals surface area contributed by atoms with Crippen molar-refractivity contribution >= 4 is 40.0 Å². The summed E-state index contributed by atoms with van der Waals surface area (Å²) in [6.45, 7) is 2.00. The molecule has 0 amide bonds. The Morgan fingerprint density at radius 3 is 2.65 bits per heavy atom. The van der Waals surface area contributed by atoms with Crippen molar-refractivity contribution < 1.29 is 9.53 Å². The number of Topliss-reactive ketones (excluding diaryl/α,β-unsaturated/α-hetero) is 1. The van der Waals surface area contributed by atoms with Crippen LogP contribution in [0.25, 0.3) is 6.08 Å². The number of carbonyl (C=O) groups is 1. The third-order valence-electron chi connectivity index (χ3n) is 3.43. The summed E-state index contributed by atoms with van der Waals surface area (Å²) >= 11 is 2.61. The van der Waals surface area contributed by atoms with E-state index in [-0.39, 0.29) is 5.78 Å². The molecular weight excluding hydrogens is 330 g/mol. The summed E-state index contributed by atoms with van der Waals surface area (Å²) in [5, 5.41) is 18.1. The number of aryl methyl sites for hydroxylation is 1. The third kappa shape index (κ3) is 3.20. The Labute approximate surface area is 142 Å². The number of rotatable bonds is 4. The van der Waals surface area contributed by atoms with Gasteiger partial charge in [-0.1, -0.05) is 30.8 Å². The summed E-state index contributed by atoms with van der Waals surface area (Å²) in [6.07, 6.45) is 2.59. The van der Waals surface area contributed by atoms with E-state index >= 15 is 0 Å². The first-order valence-corrected chi connectivity index (χ1v) is 8.74. The number of aromatic nitrogens is 2. The Bertz CT molecular complexity index is 781. The van der Waals surface area contributed by atoms with Crippen molar-refractivity contribution in [2.45, 2.75) is 19.3 Å². The van der Waals surface area contributed by atoms with Gasteiger partial charge in [0.25, 0.3) is 0 Å². The summed E-state index contributed by atoms with van der Waals surface area (Å²) in [5.41, 5.74) is 0.904. The quantitative estimate of drug-likeness (QED) is 0.858. The van der Waals surface area contributed by atoms with Crippen molar-refractivity contribution in [3.63, 3.8) is 0 Å². The molecule has 2 aromatic rings. The lowest BCUT2D eigenvalue weighted by atomic mass is 10.1. The maximum absolute atomic E-state index is 12.6. The van der Waals surface area contributed by atoms with E-state index in [2.05, 4.69) is 10.2 Å². The minimum Gasteiger partial charge on any atom is -0.497 e. The molecule has 3 rings (SSSR count). The Morgan fingerprint density at radius 2 is 2.04 bits per heavy atom. The first-order valence-electron chi connectivity index (χ1n) is 7.11. The zero-order valence-electron chi connectivity index (χ0n) is 12.7. The van der Waals surface area contributed by atoms with E-state index in [0.717, 1.165) is 22.7 Å². The fraction of sp³-hybridized carbons (Fsp3) is 0.250. The van der Waals surface area contributed by atoms with Gasteiger partial charge in [-0.25, -0.2) is 0 Å². The molecule has 1 aromatic carbocycles. The molecule has 0 aliphatic carbocycles. The molecule has 5 nitrogen and oxygen atoms in total. The summed E-state index contributed by atoms with van der Waals surface area (Å²) < 4.78 is 5.12. The van der Waals surface area contributed by atoms with Crippen molar-refractivity contribution in [3.05, 3.63) is 44.7 Å². The number of nitrogens with one attached hydrogen (secondary N) is 1. The van der Waals surface area contributed by atoms with Crippen LogP contribution in [-0.2, 0) is 11.2 Å². The topological polar surface area (TPSA) is 75.9 Å². The van der Waals surface area contributed by atoms with E-state index in [1.54, 1.807) is 7.11 Å². The Hall–Kier alpha value is -1.99. The van der Waals surface area contributed by atoms with Gasteiger partial charge >= 0.3 is 0 Å². The molecule has 23 heavy (non-hydrogen) atoms. The molecule has 1 aliphatic heterocycles. The monoisotopic (exact) mass is 345 g/mol. The van der Waals surface area contributed by atoms with Crippen molar-refractivity contribution in [2.24, 2.45) is 0 Å². The SMILES string of the molecule is CCc1nnc([C@@H]2C(=N)S/C(=C\c3ccc(OC)cc3)C2=O)s1. The number of carbonyl (C=O) groups excluding carboxylic acids is 1. The minimum atomic E-state index is -0.595. The van der Waals surface area contributed by atoms with Gasteiger partial charge in [0.15, 0.2) is 5.78 Å². The number of allylic oxidation sites excluding steroid dienone is 1. The molecule has 1 atom stereocenters. The second-order valence-corrected chi connectivity index (χ2v) is 7.11. The predicted molar refractivity (Wildman–Crippen MR) is 93.3 cm³/mol. The molecule has 1 aromatic heterocycles. The van der Waals surface area contributed by atoms with Crippen LogP contribution in [0.1, 0.15) is 28.4 Å². The zero-order valence-corrected chi connectivity index (χ0v) is 14.3. The van der Waals surface area contributed by atoms with E-state index in [1.165, 1.54) is 23.1 Å². The molecule has 0 radical (unpaired) electrons. The van der Waals surface area contributed by atoms with E-state index in [4.69, 9.17) is 10.1 Å². The Kier molecular flexibility index (Phi) is 4.58. The van der Waals surface area contributed by atoms with Gasteiger partial charge in [0, 0.05) is 0 Å². The lowest BCUT2D eigenvalue weighted by Crippen LogP contribution is -2.11. The largest absolute Gasteiger partial charge is 0.497 e. The van der Waals surface area contributed by atoms with Crippen molar-refractivity contribution in [1.29, 1.82) is 5.41 Å². The average molecular weight is 345 g/mol. The molecule has 1 saturated heterocycles. The van der Waals surface area contributed by atoms with Gasteiger partial charge in [-0.15, -0.1) is 21.5 Å². The normalized spacial score (nSPS) is 19.6. The summed E-state index contributed by atoms with van der Waals surface area (Å²) in [6, 6.07) is 7.46. The zero-order chi connectivity index (χ0) is 16.4. The van der Waals surface area contributed by atoms with Gasteiger partial charge in [-0.05, 0) is 30.2 Å². The van der Waals surface area contributed by atoms with Gasteiger partial charge in [0.2, 0.25) is 0 Å². The predicted octanol–water partition coefficient (Wildman–Crippen LogP) is 3.53. The fourth-order valence-electron chi connectivity index (χ4n) is 2.19. The molecule has 0 unspecified atom stereocenters. The first kappa shape index (κ1) is 15.9. The second kappa shape index (κ2) is 6.64. The van der Waals surface area contributed by atoms with Gasteiger partial charge < -0.3 is 4.74 Å². The van der Waals surface area contributed by atoms with Crippen LogP contribution in [0, 0.1) is 5.41 Å². The lowest BCUT2D eigenvalue weighted by Gasteiger charge is -2.01. The van der Waals surface area contributed by atoms with Crippen LogP contribution in [0.2, 0.25) is 0 Å². The van der Waals surface area contributed by atoms with E-state index in [1.807, 2.05) is 37.3 Å². The third-order valence-corrected chi connectivity index (χ3v) is 5.56. The highest BCUT2D eigenvalue weighted by atomic mass is 32.2. The molecule has 1 fully saturated rings. The van der Waals surface area contributed by atoms with Gasteiger partial charge in [0.1, 0.15) is 21.7 Å². The van der Waals surface area contributed by atoms with Crippen LogP contribution in [-0.4, -0.2) is 28.1 Å². The summed E-state index contributed by atoms with van der Waals surface area (Å²) in [7, 11) is 1.61. The number of ether oxygens (including phenoxy) is 1. The van der Waals surface area contributed by atoms with E-state index < -0.39 is 5.92 Å². The standard InChI is InChI=1S/C16H15N3O2S2/c1-3-12-18-19-16(23-12)13-14(20)11(22-15(13)17)8-9-4-6-10(21-2)7-5-9/h4-8,13,17H,3H2,1-2H3/b11-8-,17-15?/t13-/m0/s1. The van der Waals surface area contributed by atoms with Crippen molar-refractivity contribution in [2.75, 3.05) is 7.11 Å². The Morgan fingerprint density at radius 1 is 1.30 bits per heavy atom. The number of benzene rings is 1. The maximum Gasteiger partial charge on any atom is 0.186 e. The Balaban J connectivity index is 1.86. The number of hydrogen-bond donors (Lipinski definition) is 1. The molecule has 2 heterocycles. The average Bonchev–Trinajstić information content (AvgIpc) is 3.13. The van der Waals surface area contributed by atoms with Crippen LogP contribution >= 0.6 is 23.1 Å². The van der Waals surface area contributed by atoms with Crippen LogP contribution in [0.4, 0.5) is 0 Å². The number of methoxy groups -OCH3 is 1.